The van der Waals surface area contributed by atoms with Crippen LogP contribution in [-0.2, 0) is 9.59 Å². The zero-order valence-corrected chi connectivity index (χ0v) is 31.8. The Morgan fingerprint density at radius 2 is 1.41 bits per heavy atom. The van der Waals surface area contributed by atoms with Crippen LogP contribution >= 0.6 is 11.6 Å². The highest BCUT2D eigenvalue weighted by Crippen LogP contribution is 2.43. The Kier molecular flexibility index (Phi) is 9.21. The molecule has 6 aliphatic heterocycles. The van der Waals surface area contributed by atoms with E-state index in [1.165, 1.54) is 0 Å². The van der Waals surface area contributed by atoms with Gasteiger partial charge < -0.3 is 19.6 Å². The fourth-order valence-corrected chi connectivity index (χ4v) is 9.64. The Balaban J connectivity index is 0.736. The number of nitrogens with zero attached hydrogens (tertiary/aromatic N) is 7. The molecule has 5 fully saturated rings. The van der Waals surface area contributed by atoms with E-state index in [0.29, 0.717) is 27.9 Å². The van der Waals surface area contributed by atoms with Gasteiger partial charge in [0.05, 0.1) is 17.7 Å². The summed E-state index contributed by atoms with van der Waals surface area (Å²) in [6.45, 7) is 15.9. The van der Waals surface area contributed by atoms with Crippen LogP contribution in [0.2, 0.25) is 5.02 Å². The highest BCUT2D eigenvalue weighted by atomic mass is 35.5. The monoisotopic (exact) mass is 774 g/mol. The Labute approximate surface area is 330 Å². The molecule has 3 aromatic rings. The number of piperidine rings is 2. The van der Waals surface area contributed by atoms with E-state index < -0.39 is 29.7 Å². The van der Waals surface area contributed by atoms with Gasteiger partial charge in [-0.1, -0.05) is 17.7 Å². The first kappa shape index (κ1) is 36.2. The first-order valence-corrected chi connectivity index (χ1v) is 19.9. The van der Waals surface area contributed by atoms with Gasteiger partial charge >= 0.3 is 0 Å². The van der Waals surface area contributed by atoms with Crippen molar-refractivity contribution >= 4 is 63.9 Å². The lowest BCUT2D eigenvalue weighted by Crippen LogP contribution is -2.63. The molecule has 5 amide bonds. The van der Waals surface area contributed by atoms with Gasteiger partial charge in [0.15, 0.2) is 0 Å². The van der Waals surface area contributed by atoms with E-state index in [4.69, 9.17) is 18.2 Å². The van der Waals surface area contributed by atoms with E-state index in [0.717, 1.165) is 112 Å². The number of carbonyl (C=O) groups is 5. The average Bonchev–Trinajstić information content (AvgIpc) is 3.71. The van der Waals surface area contributed by atoms with Crippen LogP contribution in [0, 0.1) is 12.0 Å². The van der Waals surface area contributed by atoms with Gasteiger partial charge in [-0.3, -0.25) is 39.1 Å². The molecule has 0 aliphatic carbocycles. The van der Waals surface area contributed by atoms with E-state index in [2.05, 4.69) is 41.9 Å². The molecule has 5 saturated heterocycles. The normalized spacial score (nSPS) is 22.7. The maximum atomic E-state index is 13.5. The number of benzene rings is 3. The number of hydrogen-bond donors (Lipinski definition) is 1. The van der Waals surface area contributed by atoms with Crippen molar-refractivity contribution in [3.8, 4) is 0 Å². The number of hydrogen-bond acceptors (Lipinski definition) is 9. The minimum absolute atomic E-state index is 0.0908. The van der Waals surface area contributed by atoms with Crippen LogP contribution < -0.4 is 20.0 Å². The summed E-state index contributed by atoms with van der Waals surface area (Å²) in [5, 5.41) is 2.73. The molecule has 1 unspecified atom stereocenters. The zero-order chi connectivity index (χ0) is 38.7. The van der Waals surface area contributed by atoms with Gasteiger partial charge in [-0.15, -0.1) is 0 Å². The topological polar surface area (TPSA) is 121 Å². The summed E-state index contributed by atoms with van der Waals surface area (Å²) in [5.74, 6) is -1.89. The molecule has 288 valence electrons. The zero-order valence-electron chi connectivity index (χ0n) is 31.1. The van der Waals surface area contributed by atoms with Gasteiger partial charge in [0, 0.05) is 106 Å². The third-order valence-corrected chi connectivity index (χ3v) is 13.2. The smallest absolute Gasteiger partial charge is 0.262 e. The molecule has 3 aromatic carbocycles. The Morgan fingerprint density at radius 1 is 0.750 bits per heavy atom. The quantitative estimate of drug-likeness (QED) is 0.287. The first-order chi connectivity index (χ1) is 27.1. The van der Waals surface area contributed by atoms with Crippen molar-refractivity contribution in [1.29, 1.82) is 0 Å². The Morgan fingerprint density at radius 3 is 2.11 bits per heavy atom. The van der Waals surface area contributed by atoms with Gasteiger partial charge in [-0.2, -0.15) is 0 Å². The lowest BCUT2D eigenvalue weighted by atomic mass is 9.77. The van der Waals surface area contributed by atoms with Crippen molar-refractivity contribution in [2.75, 3.05) is 80.1 Å². The van der Waals surface area contributed by atoms with Gasteiger partial charge in [0.1, 0.15) is 6.04 Å². The maximum Gasteiger partial charge on any atom is 0.262 e. The van der Waals surface area contributed by atoms with E-state index in [1.807, 2.05) is 35.2 Å². The number of fused-ring (bicyclic) bond motifs is 1. The number of rotatable bonds is 6. The third-order valence-electron chi connectivity index (χ3n) is 12.9. The number of nitrogens with one attached hydrogen (secondary N) is 1. The number of anilines is 3. The average molecular weight is 775 g/mol. The predicted octanol–water partition coefficient (Wildman–Crippen LogP) is 4.44. The molecule has 14 heteroatoms. The highest BCUT2D eigenvalue weighted by molar-refractivity contribution is 6.33. The molecule has 0 aromatic heterocycles. The molecule has 1 atom stereocenters. The summed E-state index contributed by atoms with van der Waals surface area (Å²) in [6.07, 6.45) is 3.27. The molecular weight excluding hydrogens is 732 g/mol. The largest absolute Gasteiger partial charge is 0.371 e. The minimum atomic E-state index is -0.973. The minimum Gasteiger partial charge on any atom is -0.371 e. The molecule has 0 radical (unpaired) electrons. The number of piperazine rings is 1. The van der Waals surface area contributed by atoms with E-state index >= 15 is 0 Å². The predicted molar refractivity (Wildman–Crippen MR) is 211 cm³/mol. The van der Waals surface area contributed by atoms with E-state index in [-0.39, 0.29) is 24.2 Å². The Bertz CT molecular complexity index is 2170. The van der Waals surface area contributed by atoms with Crippen molar-refractivity contribution in [1.82, 2.24) is 20.0 Å². The number of amides is 5. The van der Waals surface area contributed by atoms with Gasteiger partial charge in [-0.25, -0.2) is 4.85 Å². The van der Waals surface area contributed by atoms with Gasteiger partial charge in [-0.05, 0) is 85.7 Å². The maximum absolute atomic E-state index is 13.5. The van der Waals surface area contributed by atoms with Crippen LogP contribution in [0.5, 0.6) is 0 Å². The lowest BCUT2D eigenvalue weighted by molar-refractivity contribution is -0.136. The second kappa shape index (κ2) is 14.2. The molecule has 6 heterocycles. The summed E-state index contributed by atoms with van der Waals surface area (Å²) >= 11 is 6.32. The molecule has 56 heavy (non-hydrogen) atoms. The van der Waals surface area contributed by atoms with Crippen molar-refractivity contribution in [2.24, 2.45) is 5.41 Å². The van der Waals surface area contributed by atoms with Crippen molar-refractivity contribution in [3.05, 3.63) is 93.8 Å². The second-order valence-electron chi connectivity index (χ2n) is 16.0. The van der Waals surface area contributed by atoms with Crippen LogP contribution in [0.4, 0.5) is 22.7 Å². The number of halogens is 1. The second-order valence-corrected chi connectivity index (χ2v) is 16.4. The number of imide groups is 2. The molecule has 0 bridgehead atoms. The van der Waals surface area contributed by atoms with Crippen LogP contribution in [0.3, 0.4) is 0 Å². The van der Waals surface area contributed by atoms with E-state index in [1.54, 1.807) is 18.2 Å². The molecule has 9 rings (SSSR count). The molecule has 6 aliphatic rings. The molecular formula is C42H43ClN8O5. The van der Waals surface area contributed by atoms with Crippen molar-refractivity contribution in [3.63, 3.8) is 0 Å². The SMILES string of the molecule is [C-]#[N+]c1ccc(N2CCC3(CCN(C(=O)c4ccc(N5CCN(C6CN(c7ccc8c(c7)C(=O)N(C7CCC(=O)NC7=O)C8=O)C6)CC5)cc4)CC3)C2)cc1Cl. The fraction of sp³-hybridized carbons (Fsp3) is 0.429. The van der Waals surface area contributed by atoms with Gasteiger partial charge in [0.25, 0.3) is 17.7 Å². The summed E-state index contributed by atoms with van der Waals surface area (Å²) in [6, 6.07) is 18.4. The molecule has 1 N–H and O–H groups in total. The van der Waals surface area contributed by atoms with Crippen LogP contribution in [0.15, 0.2) is 60.7 Å². The Hall–Kier alpha value is -5.45. The first-order valence-electron chi connectivity index (χ1n) is 19.5. The number of likely N-dealkylation sites (tertiary alicyclic amines) is 1. The summed E-state index contributed by atoms with van der Waals surface area (Å²) in [5.41, 5.74) is 5.04. The summed E-state index contributed by atoms with van der Waals surface area (Å²) < 4.78 is 0. The fourth-order valence-electron chi connectivity index (χ4n) is 9.43. The summed E-state index contributed by atoms with van der Waals surface area (Å²) in [7, 11) is 0. The van der Waals surface area contributed by atoms with Crippen LogP contribution in [-0.4, -0.2) is 122 Å². The highest BCUT2D eigenvalue weighted by Gasteiger charge is 2.46. The van der Waals surface area contributed by atoms with Crippen molar-refractivity contribution < 1.29 is 24.0 Å². The molecule has 0 saturated carbocycles. The van der Waals surface area contributed by atoms with E-state index in [9.17, 15) is 24.0 Å². The van der Waals surface area contributed by atoms with Gasteiger partial charge in [0.2, 0.25) is 17.5 Å². The summed E-state index contributed by atoms with van der Waals surface area (Å²) in [4.78, 5) is 79.9. The third kappa shape index (κ3) is 6.44. The van der Waals surface area contributed by atoms with Crippen LogP contribution in [0.1, 0.15) is 63.2 Å². The van der Waals surface area contributed by atoms with Crippen molar-refractivity contribution in [2.45, 2.75) is 44.2 Å². The molecule has 1 spiro atoms. The lowest BCUT2D eigenvalue weighted by Gasteiger charge is -2.49. The van der Waals surface area contributed by atoms with Crippen LogP contribution in [0.25, 0.3) is 4.85 Å². The standard InChI is InChI=1S/C42H43ClN8O5/c1-44-35-9-7-30(23-34(35)43)49-17-14-42(26-49)12-15-48(16-13-42)39(54)27-2-4-28(5-3-27)46-18-20-47(21-19-46)31-24-50(25-31)29-6-8-32-33(22-29)41(56)51(40(32)55)36-10-11-37(52)45-38(36)53/h2-9,22-23,31,36H,10-21,24-26H2,(H,45,52,53). The number of carbonyl (C=O) groups excluding carboxylic acids is 5. The molecule has 13 nitrogen and oxygen atoms in total.